The smallest absolute Gasteiger partial charge is 0.258 e. The summed E-state index contributed by atoms with van der Waals surface area (Å²) in [5, 5.41) is 0. The van der Waals surface area contributed by atoms with Crippen molar-refractivity contribution in [3.05, 3.63) is 29.3 Å². The van der Waals surface area contributed by atoms with Crippen molar-refractivity contribution in [2.24, 2.45) is 11.5 Å². The highest BCUT2D eigenvalue weighted by atomic mass is 16.5. The number of benzene rings is 1. The van der Waals surface area contributed by atoms with E-state index in [-0.39, 0.29) is 6.04 Å². The van der Waals surface area contributed by atoms with Gasteiger partial charge >= 0.3 is 0 Å². The first kappa shape index (κ1) is 13.5. The van der Waals surface area contributed by atoms with Crippen molar-refractivity contribution < 1.29 is 9.53 Å². The standard InChI is InChI=1S/C13H20N2O2/c1-4-11(13(15)16)17-12-6-5-8(2)7-10(12)9(3)14/h5-7,9,11H,4,14H2,1-3H3,(H2,15,16). The van der Waals surface area contributed by atoms with Gasteiger partial charge in [0.1, 0.15) is 5.75 Å². The third-order valence-electron chi connectivity index (χ3n) is 2.61. The van der Waals surface area contributed by atoms with Crippen LogP contribution in [0.1, 0.15) is 37.4 Å². The summed E-state index contributed by atoms with van der Waals surface area (Å²) in [7, 11) is 0. The molecule has 17 heavy (non-hydrogen) atoms. The van der Waals surface area contributed by atoms with Crippen LogP contribution in [0.4, 0.5) is 0 Å². The Labute approximate surface area is 102 Å². The van der Waals surface area contributed by atoms with E-state index in [0.717, 1.165) is 11.1 Å². The topological polar surface area (TPSA) is 78.3 Å². The first-order valence-corrected chi connectivity index (χ1v) is 5.77. The van der Waals surface area contributed by atoms with Gasteiger partial charge in [-0.2, -0.15) is 0 Å². The molecule has 0 bridgehead atoms. The number of aryl methyl sites for hydroxylation is 1. The first-order valence-electron chi connectivity index (χ1n) is 5.77. The minimum Gasteiger partial charge on any atom is -0.480 e. The van der Waals surface area contributed by atoms with Crippen LogP contribution in [0.2, 0.25) is 0 Å². The van der Waals surface area contributed by atoms with E-state index in [9.17, 15) is 4.79 Å². The SMILES string of the molecule is CCC(Oc1ccc(C)cc1C(C)N)C(N)=O. The molecule has 0 aliphatic carbocycles. The molecule has 0 aliphatic rings. The molecule has 94 valence electrons. The molecule has 1 aromatic carbocycles. The van der Waals surface area contributed by atoms with E-state index in [1.165, 1.54) is 0 Å². The Morgan fingerprint density at radius 2 is 2.12 bits per heavy atom. The Kier molecular flexibility index (Phi) is 4.52. The highest BCUT2D eigenvalue weighted by molar-refractivity contribution is 5.79. The summed E-state index contributed by atoms with van der Waals surface area (Å²) < 4.78 is 5.62. The van der Waals surface area contributed by atoms with E-state index in [4.69, 9.17) is 16.2 Å². The Hall–Kier alpha value is -1.55. The molecule has 0 spiro atoms. The van der Waals surface area contributed by atoms with E-state index < -0.39 is 12.0 Å². The molecule has 0 saturated carbocycles. The van der Waals surface area contributed by atoms with Gasteiger partial charge in [-0.1, -0.05) is 24.6 Å². The van der Waals surface area contributed by atoms with Crippen molar-refractivity contribution in [1.82, 2.24) is 0 Å². The van der Waals surface area contributed by atoms with E-state index in [2.05, 4.69) is 0 Å². The van der Waals surface area contributed by atoms with Gasteiger partial charge in [-0.15, -0.1) is 0 Å². The predicted molar refractivity (Wildman–Crippen MR) is 67.7 cm³/mol. The molecule has 4 nitrogen and oxygen atoms in total. The van der Waals surface area contributed by atoms with Crippen molar-refractivity contribution in [2.45, 2.75) is 39.3 Å². The van der Waals surface area contributed by atoms with Crippen molar-refractivity contribution >= 4 is 5.91 Å². The fourth-order valence-electron chi connectivity index (χ4n) is 1.63. The number of carbonyl (C=O) groups excluding carboxylic acids is 1. The first-order chi connectivity index (χ1) is 7.95. The van der Waals surface area contributed by atoms with Gasteiger partial charge < -0.3 is 16.2 Å². The molecule has 0 fully saturated rings. The lowest BCUT2D eigenvalue weighted by atomic mass is 10.0. The van der Waals surface area contributed by atoms with Crippen LogP contribution in [-0.4, -0.2) is 12.0 Å². The maximum Gasteiger partial charge on any atom is 0.258 e. The van der Waals surface area contributed by atoms with Gasteiger partial charge in [0, 0.05) is 11.6 Å². The molecule has 4 heteroatoms. The summed E-state index contributed by atoms with van der Waals surface area (Å²) in [6.45, 7) is 5.73. The number of hydrogen-bond donors (Lipinski definition) is 2. The minimum atomic E-state index is -0.602. The maximum absolute atomic E-state index is 11.1. The van der Waals surface area contributed by atoms with E-state index in [0.29, 0.717) is 12.2 Å². The average molecular weight is 236 g/mol. The zero-order valence-corrected chi connectivity index (χ0v) is 10.6. The molecule has 2 atom stereocenters. The fourth-order valence-corrected chi connectivity index (χ4v) is 1.63. The zero-order valence-electron chi connectivity index (χ0n) is 10.6. The van der Waals surface area contributed by atoms with Gasteiger partial charge in [0.15, 0.2) is 6.10 Å². The van der Waals surface area contributed by atoms with Crippen LogP contribution in [0.5, 0.6) is 5.75 Å². The molecular formula is C13H20N2O2. The maximum atomic E-state index is 11.1. The second-order valence-corrected chi connectivity index (χ2v) is 4.25. The Morgan fingerprint density at radius 3 is 2.59 bits per heavy atom. The summed E-state index contributed by atoms with van der Waals surface area (Å²) in [5.74, 6) is 0.181. The Bertz CT molecular complexity index is 402. The van der Waals surface area contributed by atoms with E-state index in [1.54, 1.807) is 0 Å². The van der Waals surface area contributed by atoms with Crippen molar-refractivity contribution in [2.75, 3.05) is 0 Å². The number of carbonyl (C=O) groups is 1. The van der Waals surface area contributed by atoms with Crippen LogP contribution < -0.4 is 16.2 Å². The molecule has 0 aromatic heterocycles. The normalized spacial score (nSPS) is 14.1. The summed E-state index contributed by atoms with van der Waals surface area (Å²) in [5.41, 5.74) is 13.1. The molecule has 0 aliphatic heterocycles. The van der Waals surface area contributed by atoms with Gasteiger partial charge in [0.05, 0.1) is 0 Å². The lowest BCUT2D eigenvalue weighted by Gasteiger charge is -2.19. The molecule has 2 unspecified atom stereocenters. The van der Waals surface area contributed by atoms with Gasteiger partial charge in [-0.25, -0.2) is 0 Å². The molecule has 0 saturated heterocycles. The highest BCUT2D eigenvalue weighted by Gasteiger charge is 2.17. The number of amides is 1. The van der Waals surface area contributed by atoms with Crippen molar-refractivity contribution in [3.8, 4) is 5.75 Å². The second kappa shape index (κ2) is 5.68. The molecule has 0 radical (unpaired) electrons. The predicted octanol–water partition coefficient (Wildman–Crippen LogP) is 1.66. The van der Waals surface area contributed by atoms with E-state index >= 15 is 0 Å². The number of nitrogens with two attached hydrogens (primary N) is 2. The monoisotopic (exact) mass is 236 g/mol. The van der Waals surface area contributed by atoms with E-state index in [1.807, 2.05) is 39.0 Å². The lowest BCUT2D eigenvalue weighted by Crippen LogP contribution is -2.33. The average Bonchev–Trinajstić information content (AvgIpc) is 2.26. The molecular weight excluding hydrogens is 216 g/mol. The van der Waals surface area contributed by atoms with Crippen LogP contribution in [0.3, 0.4) is 0 Å². The largest absolute Gasteiger partial charge is 0.480 e. The highest BCUT2D eigenvalue weighted by Crippen LogP contribution is 2.26. The van der Waals surface area contributed by atoms with Crippen LogP contribution in [0.25, 0.3) is 0 Å². The molecule has 4 N–H and O–H groups in total. The fraction of sp³-hybridized carbons (Fsp3) is 0.462. The van der Waals surface area contributed by atoms with Crippen molar-refractivity contribution in [3.63, 3.8) is 0 Å². The number of rotatable bonds is 5. The van der Waals surface area contributed by atoms with Gasteiger partial charge in [-0.3, -0.25) is 4.79 Å². The number of primary amides is 1. The Morgan fingerprint density at radius 1 is 1.47 bits per heavy atom. The van der Waals surface area contributed by atoms with Gasteiger partial charge in [0.25, 0.3) is 5.91 Å². The van der Waals surface area contributed by atoms with Gasteiger partial charge in [0.2, 0.25) is 0 Å². The van der Waals surface area contributed by atoms with Crippen molar-refractivity contribution in [1.29, 1.82) is 0 Å². The second-order valence-electron chi connectivity index (χ2n) is 4.25. The molecule has 1 amide bonds. The number of hydrogen-bond acceptors (Lipinski definition) is 3. The third-order valence-corrected chi connectivity index (χ3v) is 2.61. The summed E-state index contributed by atoms with van der Waals surface area (Å²) in [4.78, 5) is 11.1. The van der Waals surface area contributed by atoms with Gasteiger partial charge in [-0.05, 0) is 26.3 Å². The van der Waals surface area contributed by atoms with Crippen LogP contribution in [0, 0.1) is 6.92 Å². The Balaban J connectivity index is 3.01. The molecule has 0 heterocycles. The molecule has 1 rings (SSSR count). The van der Waals surface area contributed by atoms with Crippen LogP contribution in [-0.2, 0) is 4.79 Å². The number of ether oxygens (including phenoxy) is 1. The lowest BCUT2D eigenvalue weighted by molar-refractivity contribution is -0.124. The third kappa shape index (κ3) is 3.46. The van der Waals surface area contributed by atoms with Crippen LogP contribution in [0.15, 0.2) is 18.2 Å². The summed E-state index contributed by atoms with van der Waals surface area (Å²) >= 11 is 0. The van der Waals surface area contributed by atoms with Crippen LogP contribution >= 0.6 is 0 Å². The minimum absolute atomic E-state index is 0.143. The molecule has 1 aromatic rings. The summed E-state index contributed by atoms with van der Waals surface area (Å²) in [6.07, 6.45) is -0.0584. The quantitative estimate of drug-likeness (QED) is 0.816. The summed E-state index contributed by atoms with van der Waals surface area (Å²) in [6, 6.07) is 5.58. The zero-order chi connectivity index (χ0) is 13.0.